The highest BCUT2D eigenvalue weighted by Gasteiger charge is 2.28. The number of hydrogen-bond acceptors (Lipinski definition) is 4. The van der Waals surface area contributed by atoms with Crippen LogP contribution in [0.15, 0.2) is 42.5 Å². The molecule has 5 rings (SSSR count). The predicted molar refractivity (Wildman–Crippen MR) is 122 cm³/mol. The van der Waals surface area contributed by atoms with Crippen molar-refractivity contribution in [1.82, 2.24) is 19.6 Å². The quantitative estimate of drug-likeness (QED) is 0.369. The van der Waals surface area contributed by atoms with E-state index in [9.17, 15) is 8.78 Å². The van der Waals surface area contributed by atoms with Crippen molar-refractivity contribution >= 4 is 39.8 Å². The van der Waals surface area contributed by atoms with Crippen molar-refractivity contribution in [1.29, 1.82) is 0 Å². The molecule has 5 nitrogen and oxygen atoms in total. The Labute approximate surface area is 189 Å². The lowest BCUT2D eigenvalue weighted by atomic mass is 9.92. The Morgan fingerprint density at radius 2 is 1.91 bits per heavy atom. The van der Waals surface area contributed by atoms with Crippen LogP contribution in [0.4, 0.5) is 20.3 Å². The first-order chi connectivity index (χ1) is 15.4. The minimum Gasteiger partial charge on any atom is -0.325 e. The van der Waals surface area contributed by atoms with Gasteiger partial charge in [0.05, 0.1) is 10.9 Å². The molecule has 0 atom stereocenters. The molecule has 0 aliphatic carbocycles. The number of hydrogen-bond donors (Lipinski definition) is 0. The predicted octanol–water partition coefficient (Wildman–Crippen LogP) is 5.66. The Hall–Kier alpha value is -3.24. The van der Waals surface area contributed by atoms with Crippen molar-refractivity contribution in [3.05, 3.63) is 58.9 Å². The van der Waals surface area contributed by atoms with E-state index in [1.54, 1.807) is 4.40 Å². The molecule has 0 fully saturated rings. The molecule has 0 N–H and O–H groups in total. The van der Waals surface area contributed by atoms with E-state index in [2.05, 4.69) is 26.9 Å². The molecule has 0 radical (unpaired) electrons. The maximum Gasteiger partial charge on any atom is 0.258 e. The van der Waals surface area contributed by atoms with Crippen LogP contribution in [0.1, 0.15) is 31.4 Å². The van der Waals surface area contributed by atoms with E-state index in [0.717, 1.165) is 52.9 Å². The van der Waals surface area contributed by atoms with Crippen LogP contribution >= 0.6 is 11.6 Å². The number of halogens is 3. The molecule has 162 valence electrons. The molecular formula is C24H20ClF2N5. The minimum atomic E-state index is -2.51. The normalized spacial score (nSPS) is 14.0. The molecule has 32 heavy (non-hydrogen) atoms. The number of benzene rings is 2. The first-order valence-corrected chi connectivity index (χ1v) is 10.7. The zero-order valence-corrected chi connectivity index (χ0v) is 18.4. The maximum atomic E-state index is 13.3. The fourth-order valence-corrected chi connectivity index (χ4v) is 4.21. The zero-order valence-electron chi connectivity index (χ0n) is 17.6. The molecule has 4 aromatic rings. The van der Waals surface area contributed by atoms with Gasteiger partial charge in [0.2, 0.25) is 5.28 Å². The number of alkyl halides is 2. The molecule has 0 unspecified atom stereocenters. The van der Waals surface area contributed by atoms with Crippen LogP contribution in [0.5, 0.6) is 0 Å². The molecule has 0 bridgehead atoms. The van der Waals surface area contributed by atoms with E-state index >= 15 is 0 Å². The Balaban J connectivity index is 1.68. The number of aromatic nitrogens is 4. The first-order valence-electron chi connectivity index (χ1n) is 10.4. The second-order valence-electron chi connectivity index (χ2n) is 8.39. The van der Waals surface area contributed by atoms with Gasteiger partial charge in [-0.25, -0.2) is 13.2 Å². The molecule has 3 heterocycles. The Morgan fingerprint density at radius 1 is 1.09 bits per heavy atom. The molecule has 1 aliphatic rings. The highest BCUT2D eigenvalue weighted by Crippen LogP contribution is 2.38. The van der Waals surface area contributed by atoms with Crippen molar-refractivity contribution in [3.8, 4) is 11.8 Å². The summed E-state index contributed by atoms with van der Waals surface area (Å²) in [5, 5.41) is 9.27. The number of anilines is 2. The zero-order chi connectivity index (χ0) is 22.5. The van der Waals surface area contributed by atoms with Gasteiger partial charge in [-0.2, -0.15) is 4.98 Å². The molecule has 2 aromatic carbocycles. The fourth-order valence-electron chi connectivity index (χ4n) is 4.00. The van der Waals surface area contributed by atoms with E-state index in [1.165, 1.54) is 13.8 Å². The molecular weight excluding hydrogens is 432 g/mol. The monoisotopic (exact) mass is 451 g/mol. The summed E-state index contributed by atoms with van der Waals surface area (Å²) in [6.45, 7) is 3.68. The summed E-state index contributed by atoms with van der Waals surface area (Å²) in [5.41, 5.74) is 2.29. The van der Waals surface area contributed by atoms with Gasteiger partial charge in [-0.05, 0) is 68.1 Å². The Morgan fingerprint density at radius 3 is 2.72 bits per heavy atom. The third-order valence-electron chi connectivity index (χ3n) is 5.77. The van der Waals surface area contributed by atoms with E-state index in [-0.39, 0.29) is 5.28 Å². The molecule has 0 saturated carbocycles. The number of fused-ring (bicyclic) bond motifs is 4. The smallest absolute Gasteiger partial charge is 0.258 e. The van der Waals surface area contributed by atoms with Crippen molar-refractivity contribution in [3.63, 3.8) is 0 Å². The SMILES string of the molecule is CC(C)(C#Cc1cccc2c1CCCN2c1nc2nnc(Cl)n2c2ccccc12)C(F)F. The third kappa shape index (κ3) is 3.35. The third-order valence-corrected chi connectivity index (χ3v) is 6.01. The molecule has 0 amide bonds. The van der Waals surface area contributed by atoms with Gasteiger partial charge in [0.1, 0.15) is 5.82 Å². The lowest BCUT2D eigenvalue weighted by Crippen LogP contribution is -2.26. The largest absolute Gasteiger partial charge is 0.325 e. The van der Waals surface area contributed by atoms with E-state index in [1.807, 2.05) is 42.5 Å². The Kier molecular flexibility index (Phi) is 4.98. The molecule has 2 aromatic heterocycles. The highest BCUT2D eigenvalue weighted by molar-refractivity contribution is 6.29. The van der Waals surface area contributed by atoms with Gasteiger partial charge in [-0.3, -0.25) is 0 Å². The highest BCUT2D eigenvalue weighted by atomic mass is 35.5. The van der Waals surface area contributed by atoms with Crippen molar-refractivity contribution in [2.75, 3.05) is 11.4 Å². The molecule has 0 spiro atoms. The maximum absolute atomic E-state index is 13.3. The summed E-state index contributed by atoms with van der Waals surface area (Å²) in [5.74, 6) is 6.96. The van der Waals surface area contributed by atoms with Crippen molar-refractivity contribution < 1.29 is 8.78 Å². The average molecular weight is 452 g/mol. The van der Waals surface area contributed by atoms with Gasteiger partial charge in [0.25, 0.3) is 12.2 Å². The Bertz CT molecular complexity index is 1400. The van der Waals surface area contributed by atoms with Gasteiger partial charge in [0.15, 0.2) is 0 Å². The van der Waals surface area contributed by atoms with Gasteiger partial charge in [-0.1, -0.05) is 30.0 Å². The summed E-state index contributed by atoms with van der Waals surface area (Å²) in [6, 6.07) is 13.7. The first kappa shape index (κ1) is 20.7. The molecule has 0 saturated heterocycles. The van der Waals surface area contributed by atoms with Gasteiger partial charge in [-0.15, -0.1) is 10.2 Å². The van der Waals surface area contributed by atoms with E-state index in [4.69, 9.17) is 16.6 Å². The lowest BCUT2D eigenvalue weighted by molar-refractivity contribution is 0.0570. The van der Waals surface area contributed by atoms with Crippen LogP contribution in [-0.2, 0) is 6.42 Å². The van der Waals surface area contributed by atoms with Crippen LogP contribution in [0.3, 0.4) is 0 Å². The summed E-state index contributed by atoms with van der Waals surface area (Å²) >= 11 is 6.25. The average Bonchev–Trinajstić information content (AvgIpc) is 3.17. The summed E-state index contributed by atoms with van der Waals surface area (Å²) in [4.78, 5) is 6.93. The van der Waals surface area contributed by atoms with Gasteiger partial charge in [0, 0.05) is 23.2 Å². The number of para-hydroxylation sites is 1. The summed E-state index contributed by atoms with van der Waals surface area (Å²) in [6.07, 6.45) is -0.801. The van der Waals surface area contributed by atoms with E-state index in [0.29, 0.717) is 5.78 Å². The fraction of sp³-hybridized carbons (Fsp3) is 0.292. The van der Waals surface area contributed by atoms with Gasteiger partial charge >= 0.3 is 0 Å². The second-order valence-corrected chi connectivity index (χ2v) is 8.73. The summed E-state index contributed by atoms with van der Waals surface area (Å²) < 4.78 is 28.3. The lowest BCUT2D eigenvalue weighted by Gasteiger charge is -2.32. The minimum absolute atomic E-state index is 0.258. The second kappa shape index (κ2) is 7.72. The van der Waals surface area contributed by atoms with Crippen LogP contribution in [0.25, 0.3) is 16.7 Å². The topological polar surface area (TPSA) is 46.3 Å². The molecule has 8 heteroatoms. The molecule has 1 aliphatic heterocycles. The van der Waals surface area contributed by atoms with Crippen LogP contribution in [-0.4, -0.2) is 32.6 Å². The standard InChI is InChI=1S/C24H20ClF2N5/c1-24(2,21(26)27)13-12-15-7-5-11-18-16(15)9-6-14-31(18)20-17-8-3-4-10-19(17)32-22(25)29-30-23(32)28-20/h3-5,7-8,10-11,21H,6,9,14H2,1-2H3. The number of nitrogens with zero attached hydrogens (tertiary/aromatic N) is 5. The van der Waals surface area contributed by atoms with Crippen molar-refractivity contribution in [2.45, 2.75) is 33.1 Å². The van der Waals surface area contributed by atoms with Crippen LogP contribution in [0.2, 0.25) is 5.28 Å². The van der Waals surface area contributed by atoms with Crippen LogP contribution in [0, 0.1) is 17.3 Å². The number of rotatable bonds is 2. The van der Waals surface area contributed by atoms with E-state index < -0.39 is 11.8 Å². The van der Waals surface area contributed by atoms with Crippen molar-refractivity contribution in [2.24, 2.45) is 5.41 Å². The summed E-state index contributed by atoms with van der Waals surface area (Å²) in [7, 11) is 0. The van der Waals surface area contributed by atoms with Crippen LogP contribution < -0.4 is 4.90 Å². The van der Waals surface area contributed by atoms with Gasteiger partial charge < -0.3 is 4.90 Å².